The number of rotatable bonds is 4. The van der Waals surface area contributed by atoms with Gasteiger partial charge in [-0.15, -0.1) is 5.10 Å². The molecule has 1 aromatic heterocycles. The Morgan fingerprint density at radius 1 is 1.75 bits per heavy atom. The van der Waals surface area contributed by atoms with Crippen LogP contribution in [0, 0.1) is 10.1 Å². The Morgan fingerprint density at radius 2 is 2.50 bits per heavy atom. The number of aliphatic hydroxyl groups is 1. The summed E-state index contributed by atoms with van der Waals surface area (Å²) in [5, 5.41) is 25.7. The highest BCUT2D eigenvalue weighted by molar-refractivity contribution is 4.90. The maximum Gasteiger partial charge on any atom is 0.223 e. The number of aliphatic hydroxyl groups excluding tert-OH is 1. The summed E-state index contributed by atoms with van der Waals surface area (Å²) in [5.74, 6) is 0. The second kappa shape index (κ2) is 3.77. The molecule has 66 valence electrons. The average Bonchev–Trinajstić information content (AvgIpc) is 2.47. The normalized spacial score (nSPS) is 10.1. The standard InChI is InChI=1S/C5H8N4O3/c10-4-5-3-6-7-8(5)1-2-9(11)12/h3,10H,1-2,4H2. The van der Waals surface area contributed by atoms with Gasteiger partial charge in [0.1, 0.15) is 6.54 Å². The molecule has 0 amide bonds. The molecule has 0 saturated heterocycles. The summed E-state index contributed by atoms with van der Waals surface area (Å²) in [6.45, 7) is -0.274. The number of hydrogen-bond donors (Lipinski definition) is 1. The molecule has 0 aliphatic heterocycles. The summed E-state index contributed by atoms with van der Waals surface area (Å²) in [7, 11) is 0. The summed E-state index contributed by atoms with van der Waals surface area (Å²) in [4.78, 5) is 9.53. The third kappa shape index (κ3) is 1.99. The first-order valence-electron chi connectivity index (χ1n) is 3.34. The van der Waals surface area contributed by atoms with Gasteiger partial charge in [-0.3, -0.25) is 10.1 Å². The molecule has 0 radical (unpaired) electrons. The second-order valence-electron chi connectivity index (χ2n) is 2.16. The van der Waals surface area contributed by atoms with Gasteiger partial charge in [-0.1, -0.05) is 5.21 Å². The first-order valence-corrected chi connectivity index (χ1v) is 3.34. The lowest BCUT2D eigenvalue weighted by Crippen LogP contribution is -2.13. The highest BCUT2D eigenvalue weighted by Gasteiger charge is 2.04. The molecule has 0 aliphatic carbocycles. The van der Waals surface area contributed by atoms with Crippen LogP contribution < -0.4 is 0 Å². The van der Waals surface area contributed by atoms with Crippen molar-refractivity contribution in [2.45, 2.75) is 13.2 Å². The van der Waals surface area contributed by atoms with E-state index in [4.69, 9.17) is 5.11 Å². The number of nitro groups is 1. The smallest absolute Gasteiger partial charge is 0.223 e. The minimum absolute atomic E-state index is 0.142. The van der Waals surface area contributed by atoms with Gasteiger partial charge in [0, 0.05) is 4.92 Å². The van der Waals surface area contributed by atoms with Gasteiger partial charge >= 0.3 is 0 Å². The van der Waals surface area contributed by atoms with Crippen LogP contribution in [0.25, 0.3) is 0 Å². The van der Waals surface area contributed by atoms with Crippen molar-refractivity contribution < 1.29 is 10.0 Å². The van der Waals surface area contributed by atoms with Crippen molar-refractivity contribution in [1.29, 1.82) is 0 Å². The minimum Gasteiger partial charge on any atom is -0.390 e. The lowest BCUT2D eigenvalue weighted by molar-refractivity contribution is -0.481. The van der Waals surface area contributed by atoms with Gasteiger partial charge in [-0.05, 0) is 0 Å². The van der Waals surface area contributed by atoms with Gasteiger partial charge in [0.15, 0.2) is 0 Å². The number of hydrogen-bond acceptors (Lipinski definition) is 5. The Kier molecular flexibility index (Phi) is 2.70. The van der Waals surface area contributed by atoms with Gasteiger partial charge < -0.3 is 5.11 Å². The van der Waals surface area contributed by atoms with Crippen molar-refractivity contribution in [2.24, 2.45) is 0 Å². The van der Waals surface area contributed by atoms with Crippen LogP contribution in [0.2, 0.25) is 0 Å². The van der Waals surface area contributed by atoms with Gasteiger partial charge in [-0.2, -0.15) is 0 Å². The number of nitrogens with zero attached hydrogens (tertiary/aromatic N) is 4. The third-order valence-corrected chi connectivity index (χ3v) is 1.35. The molecule has 0 aromatic carbocycles. The molecule has 0 fully saturated rings. The van der Waals surface area contributed by atoms with E-state index in [2.05, 4.69) is 10.3 Å². The van der Waals surface area contributed by atoms with Crippen molar-refractivity contribution in [3.63, 3.8) is 0 Å². The summed E-state index contributed by atoms with van der Waals surface area (Å²) in [6.07, 6.45) is 1.37. The van der Waals surface area contributed by atoms with Crippen molar-refractivity contribution >= 4 is 0 Å². The first-order chi connectivity index (χ1) is 5.74. The molecule has 7 nitrogen and oxygen atoms in total. The third-order valence-electron chi connectivity index (χ3n) is 1.35. The van der Waals surface area contributed by atoms with E-state index in [0.29, 0.717) is 5.69 Å². The zero-order valence-corrected chi connectivity index (χ0v) is 6.25. The zero-order chi connectivity index (χ0) is 8.97. The van der Waals surface area contributed by atoms with E-state index in [1.807, 2.05) is 0 Å². The van der Waals surface area contributed by atoms with Crippen LogP contribution in [0.15, 0.2) is 6.20 Å². The molecule has 7 heteroatoms. The van der Waals surface area contributed by atoms with Crippen molar-refractivity contribution in [1.82, 2.24) is 15.0 Å². The first kappa shape index (κ1) is 8.60. The van der Waals surface area contributed by atoms with Crippen LogP contribution >= 0.6 is 0 Å². The van der Waals surface area contributed by atoms with Crippen molar-refractivity contribution in [2.75, 3.05) is 6.54 Å². The summed E-state index contributed by atoms with van der Waals surface area (Å²) >= 11 is 0. The predicted molar refractivity (Wildman–Crippen MR) is 37.8 cm³/mol. The van der Waals surface area contributed by atoms with Gasteiger partial charge in [0.25, 0.3) is 0 Å². The van der Waals surface area contributed by atoms with Crippen LogP contribution in [-0.4, -0.2) is 31.6 Å². The van der Waals surface area contributed by atoms with Crippen molar-refractivity contribution in [3.8, 4) is 0 Å². The molecule has 1 N–H and O–H groups in total. The van der Waals surface area contributed by atoms with Crippen LogP contribution in [0.3, 0.4) is 0 Å². The fraction of sp³-hybridized carbons (Fsp3) is 0.600. The molecular weight excluding hydrogens is 164 g/mol. The van der Waals surface area contributed by atoms with E-state index in [0.717, 1.165) is 0 Å². The van der Waals surface area contributed by atoms with E-state index >= 15 is 0 Å². The Labute approximate surface area is 67.8 Å². The minimum atomic E-state index is -0.442. The highest BCUT2D eigenvalue weighted by Crippen LogP contribution is 1.94. The fourth-order valence-corrected chi connectivity index (χ4v) is 0.766. The molecule has 0 spiro atoms. The van der Waals surface area contributed by atoms with Crippen LogP contribution in [-0.2, 0) is 13.2 Å². The van der Waals surface area contributed by atoms with Crippen LogP contribution in [0.5, 0.6) is 0 Å². The van der Waals surface area contributed by atoms with Gasteiger partial charge in [-0.25, -0.2) is 4.68 Å². The zero-order valence-electron chi connectivity index (χ0n) is 6.25. The van der Waals surface area contributed by atoms with Crippen LogP contribution in [0.1, 0.15) is 5.69 Å². The van der Waals surface area contributed by atoms with E-state index < -0.39 is 4.92 Å². The van der Waals surface area contributed by atoms with E-state index in [1.54, 1.807) is 0 Å². The maximum absolute atomic E-state index is 9.98. The Hall–Kier alpha value is -1.50. The van der Waals surface area contributed by atoms with Gasteiger partial charge in [0.05, 0.1) is 18.5 Å². The molecule has 1 heterocycles. The molecule has 0 saturated carbocycles. The summed E-state index contributed by atoms with van der Waals surface area (Å²) in [6, 6.07) is 0. The summed E-state index contributed by atoms with van der Waals surface area (Å²) < 4.78 is 1.31. The highest BCUT2D eigenvalue weighted by atomic mass is 16.6. The van der Waals surface area contributed by atoms with E-state index in [1.165, 1.54) is 10.9 Å². The van der Waals surface area contributed by atoms with Crippen LogP contribution in [0.4, 0.5) is 0 Å². The average molecular weight is 172 g/mol. The SMILES string of the molecule is O=[N+]([O-])CCn1nncc1CO. The lowest BCUT2D eigenvalue weighted by Gasteiger charge is -1.98. The summed E-state index contributed by atoms with van der Waals surface area (Å²) in [5.41, 5.74) is 0.483. The monoisotopic (exact) mass is 172 g/mol. The molecule has 0 aliphatic rings. The number of aromatic nitrogens is 3. The largest absolute Gasteiger partial charge is 0.390 e. The Bertz CT molecular complexity index is 271. The second-order valence-corrected chi connectivity index (χ2v) is 2.16. The molecule has 1 aromatic rings. The lowest BCUT2D eigenvalue weighted by atomic mass is 10.5. The molecule has 0 bridgehead atoms. The quantitative estimate of drug-likeness (QED) is 0.466. The molecule has 1 rings (SSSR count). The molecular formula is C5H8N4O3. The molecule has 12 heavy (non-hydrogen) atoms. The molecule has 0 unspecified atom stereocenters. The van der Waals surface area contributed by atoms with Crippen molar-refractivity contribution in [3.05, 3.63) is 22.0 Å². The topological polar surface area (TPSA) is 94.1 Å². The maximum atomic E-state index is 9.98. The molecule has 0 atom stereocenters. The van der Waals surface area contributed by atoms with E-state index in [-0.39, 0.29) is 19.7 Å². The van der Waals surface area contributed by atoms with Gasteiger partial charge in [0.2, 0.25) is 6.54 Å². The Morgan fingerprint density at radius 3 is 3.08 bits per heavy atom. The predicted octanol–water partition coefficient (Wildman–Crippen LogP) is -0.953. The Balaban J connectivity index is 2.56. The van der Waals surface area contributed by atoms with E-state index in [9.17, 15) is 10.1 Å². The fourth-order valence-electron chi connectivity index (χ4n) is 0.766.